The molecule has 1 saturated carbocycles. The first-order valence-corrected chi connectivity index (χ1v) is 9.96. The van der Waals surface area contributed by atoms with Gasteiger partial charge in [-0.3, -0.25) is 4.79 Å². The van der Waals surface area contributed by atoms with E-state index in [2.05, 4.69) is 24.0 Å². The van der Waals surface area contributed by atoms with Gasteiger partial charge in [0.1, 0.15) is 11.6 Å². The van der Waals surface area contributed by atoms with Gasteiger partial charge in [-0.2, -0.15) is 0 Å². The number of phenols is 1. The van der Waals surface area contributed by atoms with Crippen molar-refractivity contribution >= 4 is 12.6 Å². The number of hydrogen-bond donors (Lipinski definition) is 2. The summed E-state index contributed by atoms with van der Waals surface area (Å²) in [5, 5.41) is 13.0. The lowest BCUT2D eigenvalue weighted by Gasteiger charge is -2.23. The molecular weight excluding hydrogens is 350 g/mol. The number of rotatable bonds is 6. The summed E-state index contributed by atoms with van der Waals surface area (Å²) in [5.41, 5.74) is 3.81. The molecule has 1 amide bonds. The largest absolute Gasteiger partial charge is 0.508 e. The van der Waals surface area contributed by atoms with Crippen LogP contribution in [-0.2, 0) is 4.79 Å². The minimum absolute atomic E-state index is 0.0580. The molecule has 1 aliphatic heterocycles. The zero-order valence-corrected chi connectivity index (χ0v) is 17.4. The van der Waals surface area contributed by atoms with Crippen molar-refractivity contribution in [3.63, 3.8) is 0 Å². The molecule has 3 rings (SSSR count). The van der Waals surface area contributed by atoms with Crippen LogP contribution in [0.15, 0.2) is 51.8 Å². The zero-order valence-electron chi connectivity index (χ0n) is 17.4. The van der Waals surface area contributed by atoms with E-state index in [-0.39, 0.29) is 17.2 Å². The topological polar surface area (TPSA) is 64.9 Å². The van der Waals surface area contributed by atoms with Crippen LogP contribution in [0.5, 0.6) is 5.75 Å². The van der Waals surface area contributed by atoms with E-state index in [1.165, 1.54) is 0 Å². The maximum absolute atomic E-state index is 13.4. The van der Waals surface area contributed by atoms with Crippen molar-refractivity contribution < 1.29 is 9.90 Å². The number of nitrogens with zero attached hydrogens (tertiary/aromatic N) is 2. The monoisotopic (exact) mass is 381 g/mol. The molecule has 1 unspecified atom stereocenters. The maximum atomic E-state index is 13.4. The first-order valence-electron chi connectivity index (χ1n) is 9.96. The number of nitrogens with one attached hydrogen (secondary N) is 1. The smallest absolute Gasteiger partial charge is 0.254 e. The van der Waals surface area contributed by atoms with E-state index in [1.807, 2.05) is 37.8 Å². The molecule has 2 fully saturated rings. The predicted molar refractivity (Wildman–Crippen MR) is 113 cm³/mol. The number of carbonyl (C=O) groups excluding carboxylic acids is 1. The Morgan fingerprint density at radius 3 is 2.43 bits per heavy atom. The fourth-order valence-corrected chi connectivity index (χ4v) is 3.84. The van der Waals surface area contributed by atoms with Crippen molar-refractivity contribution in [3.8, 4) is 5.75 Å². The van der Waals surface area contributed by atoms with Crippen LogP contribution in [0, 0.1) is 0 Å². The third-order valence-corrected chi connectivity index (χ3v) is 5.86. The molecule has 0 spiro atoms. The van der Waals surface area contributed by atoms with Gasteiger partial charge in [-0.1, -0.05) is 17.7 Å². The Morgan fingerprint density at radius 1 is 1.25 bits per heavy atom. The Bertz CT molecular complexity index is 828. The summed E-state index contributed by atoms with van der Waals surface area (Å²) in [4.78, 5) is 19.5. The molecule has 5 nitrogen and oxygen atoms in total. The van der Waals surface area contributed by atoms with Crippen LogP contribution in [0.4, 0.5) is 0 Å². The zero-order chi connectivity index (χ0) is 20.5. The Balaban J connectivity index is 1.79. The average molecular weight is 382 g/mol. The number of aliphatic imine (C=N–C) groups is 1. The third-order valence-electron chi connectivity index (χ3n) is 5.86. The van der Waals surface area contributed by atoms with Gasteiger partial charge in [-0.25, -0.2) is 4.99 Å². The fourth-order valence-electron chi connectivity index (χ4n) is 3.84. The number of phenolic OH excluding ortho intramolecular Hbond substituents is 1. The summed E-state index contributed by atoms with van der Waals surface area (Å²) < 4.78 is 0. The molecule has 1 heterocycles. The summed E-state index contributed by atoms with van der Waals surface area (Å²) in [6, 6.07) is 7.31. The van der Waals surface area contributed by atoms with E-state index < -0.39 is 0 Å². The van der Waals surface area contributed by atoms with Crippen molar-refractivity contribution in [3.05, 3.63) is 52.4 Å². The molecule has 5 heteroatoms. The molecule has 1 aromatic rings. The van der Waals surface area contributed by atoms with Gasteiger partial charge in [0, 0.05) is 35.7 Å². The highest BCUT2D eigenvalue weighted by atomic mass is 16.3. The van der Waals surface area contributed by atoms with Crippen LogP contribution in [0.25, 0.3) is 0 Å². The number of likely N-dealkylation sites (tertiary alicyclic amines) is 1. The Labute approximate surface area is 167 Å². The van der Waals surface area contributed by atoms with Crippen molar-refractivity contribution in [2.75, 3.05) is 13.1 Å². The molecule has 0 bridgehead atoms. The van der Waals surface area contributed by atoms with E-state index in [0.717, 1.165) is 48.1 Å². The van der Waals surface area contributed by atoms with Crippen molar-refractivity contribution in [2.45, 2.75) is 58.4 Å². The van der Waals surface area contributed by atoms with Gasteiger partial charge in [0.05, 0.1) is 0 Å². The second-order valence-corrected chi connectivity index (χ2v) is 8.52. The number of aromatic hydroxyl groups is 1. The second-order valence-electron chi connectivity index (χ2n) is 8.52. The summed E-state index contributed by atoms with van der Waals surface area (Å²) in [6.45, 7) is 13.2. The standard InChI is InChI=1S/C23H31N3O2/c1-15(2)20(16(3)21(24-5)25-23(4)11-12-23)22(28)26-13-10-18(14-26)17-6-8-19(27)9-7-17/h6-9,18,25,27H,5,10-14H2,1-4H3/b21-16-. The van der Waals surface area contributed by atoms with E-state index >= 15 is 0 Å². The fraction of sp³-hybridized carbons (Fsp3) is 0.478. The minimum atomic E-state index is 0.0580. The second kappa shape index (κ2) is 7.82. The molecule has 1 saturated heterocycles. The molecule has 2 N–H and O–H groups in total. The maximum Gasteiger partial charge on any atom is 0.254 e. The minimum Gasteiger partial charge on any atom is -0.508 e. The lowest BCUT2D eigenvalue weighted by atomic mass is 9.98. The highest BCUT2D eigenvalue weighted by molar-refractivity contribution is 5.98. The van der Waals surface area contributed by atoms with E-state index in [0.29, 0.717) is 18.3 Å². The number of hydrogen-bond acceptors (Lipinski definition) is 4. The van der Waals surface area contributed by atoms with Gasteiger partial charge < -0.3 is 15.3 Å². The van der Waals surface area contributed by atoms with Crippen molar-refractivity contribution in [2.24, 2.45) is 4.99 Å². The van der Waals surface area contributed by atoms with E-state index in [4.69, 9.17) is 0 Å². The molecular formula is C23H31N3O2. The normalized spacial score (nSPS) is 21.0. The molecule has 1 atom stereocenters. The molecule has 28 heavy (non-hydrogen) atoms. The number of benzene rings is 1. The highest BCUT2D eigenvalue weighted by Gasteiger charge is 2.38. The molecule has 2 aliphatic rings. The van der Waals surface area contributed by atoms with Crippen LogP contribution < -0.4 is 5.32 Å². The van der Waals surface area contributed by atoms with Crippen LogP contribution in [0.1, 0.15) is 58.4 Å². The summed E-state index contributed by atoms with van der Waals surface area (Å²) in [5.74, 6) is 1.33. The Hall–Kier alpha value is -2.56. The van der Waals surface area contributed by atoms with Gasteiger partial charge in [0.15, 0.2) is 0 Å². The third kappa shape index (κ3) is 4.29. The van der Waals surface area contributed by atoms with Gasteiger partial charge >= 0.3 is 0 Å². The average Bonchev–Trinajstić information content (AvgIpc) is 3.18. The quantitative estimate of drug-likeness (QED) is 0.443. The lowest BCUT2D eigenvalue weighted by molar-refractivity contribution is -0.125. The summed E-state index contributed by atoms with van der Waals surface area (Å²) >= 11 is 0. The van der Waals surface area contributed by atoms with Crippen molar-refractivity contribution in [1.82, 2.24) is 10.2 Å². The summed E-state index contributed by atoms with van der Waals surface area (Å²) in [6.07, 6.45) is 3.15. The molecule has 150 valence electrons. The number of allylic oxidation sites excluding steroid dienone is 1. The SMILES string of the molecule is C=N/C(NC1(C)CC1)=C(\C)C(C(=O)N1CCC(c2ccc(O)cc2)C1)=C(C)C. The Kier molecular flexibility index (Phi) is 5.64. The van der Waals surface area contributed by atoms with Crippen LogP contribution in [-0.4, -0.2) is 41.3 Å². The molecule has 1 aliphatic carbocycles. The van der Waals surface area contributed by atoms with Gasteiger partial charge in [0.2, 0.25) is 0 Å². The van der Waals surface area contributed by atoms with Gasteiger partial charge in [0.25, 0.3) is 5.91 Å². The predicted octanol–water partition coefficient (Wildman–Crippen LogP) is 4.12. The van der Waals surface area contributed by atoms with E-state index in [1.54, 1.807) is 12.1 Å². The first-order chi connectivity index (χ1) is 13.2. The van der Waals surface area contributed by atoms with Crippen LogP contribution in [0.3, 0.4) is 0 Å². The summed E-state index contributed by atoms with van der Waals surface area (Å²) in [7, 11) is 0. The number of amides is 1. The van der Waals surface area contributed by atoms with E-state index in [9.17, 15) is 9.90 Å². The van der Waals surface area contributed by atoms with Gasteiger partial charge in [-0.05, 0) is 71.4 Å². The first kappa shape index (κ1) is 20.2. The lowest BCUT2D eigenvalue weighted by Crippen LogP contribution is -2.32. The van der Waals surface area contributed by atoms with Crippen LogP contribution in [0.2, 0.25) is 0 Å². The van der Waals surface area contributed by atoms with Gasteiger partial charge in [-0.15, -0.1) is 0 Å². The highest BCUT2D eigenvalue weighted by Crippen LogP contribution is 2.37. The molecule has 0 radical (unpaired) electrons. The number of carbonyl (C=O) groups is 1. The van der Waals surface area contributed by atoms with Crippen LogP contribution >= 0.6 is 0 Å². The van der Waals surface area contributed by atoms with Crippen molar-refractivity contribution in [1.29, 1.82) is 0 Å². The molecule has 1 aromatic carbocycles. The molecule has 0 aromatic heterocycles. The Morgan fingerprint density at radius 2 is 1.89 bits per heavy atom.